The quantitative estimate of drug-likeness (QED) is 0.734. The van der Waals surface area contributed by atoms with Crippen LogP contribution in [0.5, 0.6) is 0 Å². The highest BCUT2D eigenvalue weighted by atomic mass is 32.1. The minimum absolute atomic E-state index is 0.100. The van der Waals surface area contributed by atoms with Crippen LogP contribution in [0, 0.1) is 13.8 Å². The Kier molecular flexibility index (Phi) is 4.50. The Morgan fingerprint density at radius 3 is 2.62 bits per heavy atom. The lowest BCUT2D eigenvalue weighted by molar-refractivity contribution is 0.751. The number of aryl methyl sites for hydroxylation is 1. The fourth-order valence-electron chi connectivity index (χ4n) is 1.36. The Bertz CT molecular complexity index is 489. The van der Waals surface area contributed by atoms with Gasteiger partial charge in [0.15, 0.2) is 0 Å². The van der Waals surface area contributed by atoms with E-state index < -0.39 is 0 Å². The maximum absolute atomic E-state index is 11.7. The lowest BCUT2D eigenvalue weighted by Crippen LogP contribution is -2.15. The molecule has 3 heteroatoms. The maximum atomic E-state index is 11.7. The van der Waals surface area contributed by atoms with Crippen LogP contribution in [-0.4, -0.2) is 4.57 Å². The SMILES string of the molecule is C=C/C(=C\C=C/C)Cn1c(C)c(C)sc1=O. The molecule has 86 valence electrons. The van der Waals surface area contributed by atoms with Gasteiger partial charge in [0.05, 0.1) is 6.54 Å². The van der Waals surface area contributed by atoms with Crippen molar-refractivity contribution in [3.05, 3.63) is 56.7 Å². The van der Waals surface area contributed by atoms with E-state index in [0.717, 1.165) is 16.1 Å². The van der Waals surface area contributed by atoms with Crippen LogP contribution in [-0.2, 0) is 6.54 Å². The van der Waals surface area contributed by atoms with E-state index >= 15 is 0 Å². The van der Waals surface area contributed by atoms with Crippen molar-refractivity contribution < 1.29 is 0 Å². The van der Waals surface area contributed by atoms with Gasteiger partial charge >= 0.3 is 4.87 Å². The number of allylic oxidation sites excluding steroid dienone is 5. The second-order valence-corrected chi connectivity index (χ2v) is 4.73. The largest absolute Gasteiger partial charge is 0.307 e. The molecule has 0 radical (unpaired) electrons. The number of hydrogen-bond acceptors (Lipinski definition) is 2. The molecule has 0 spiro atoms. The standard InChI is InChI=1S/C13H17NOS/c1-5-7-8-12(6-2)9-14-10(3)11(4)16-13(14)15/h5-8H,2,9H2,1,3-4H3/b7-5-,12-8+. The number of hydrogen-bond donors (Lipinski definition) is 0. The summed E-state index contributed by atoms with van der Waals surface area (Å²) in [6, 6.07) is 0. The summed E-state index contributed by atoms with van der Waals surface area (Å²) in [5, 5.41) is 0. The van der Waals surface area contributed by atoms with E-state index in [1.54, 1.807) is 10.6 Å². The van der Waals surface area contributed by atoms with Gasteiger partial charge in [-0.25, -0.2) is 0 Å². The number of aromatic nitrogens is 1. The first-order valence-electron chi connectivity index (χ1n) is 5.21. The van der Waals surface area contributed by atoms with E-state index in [1.165, 1.54) is 11.3 Å². The number of nitrogens with zero attached hydrogens (tertiary/aromatic N) is 1. The van der Waals surface area contributed by atoms with Crippen molar-refractivity contribution >= 4 is 11.3 Å². The van der Waals surface area contributed by atoms with Gasteiger partial charge in [-0.2, -0.15) is 0 Å². The third-order valence-electron chi connectivity index (χ3n) is 2.48. The molecule has 0 saturated heterocycles. The van der Waals surface area contributed by atoms with Crippen LogP contribution in [0.3, 0.4) is 0 Å². The first kappa shape index (κ1) is 12.7. The average Bonchev–Trinajstić information content (AvgIpc) is 2.50. The highest BCUT2D eigenvalue weighted by molar-refractivity contribution is 7.09. The Morgan fingerprint density at radius 2 is 2.19 bits per heavy atom. The lowest BCUT2D eigenvalue weighted by Gasteiger charge is -2.05. The van der Waals surface area contributed by atoms with E-state index in [-0.39, 0.29) is 4.87 Å². The third-order valence-corrected chi connectivity index (χ3v) is 3.48. The van der Waals surface area contributed by atoms with Gasteiger partial charge in [-0.1, -0.05) is 42.2 Å². The summed E-state index contributed by atoms with van der Waals surface area (Å²) < 4.78 is 1.79. The molecule has 0 bridgehead atoms. The van der Waals surface area contributed by atoms with Crippen LogP contribution < -0.4 is 4.87 Å². The Balaban J connectivity index is 3.03. The first-order valence-corrected chi connectivity index (χ1v) is 6.03. The highest BCUT2D eigenvalue weighted by Crippen LogP contribution is 2.11. The summed E-state index contributed by atoms with van der Waals surface area (Å²) in [4.78, 5) is 12.9. The van der Waals surface area contributed by atoms with Crippen molar-refractivity contribution in [1.82, 2.24) is 4.57 Å². The predicted octanol–water partition coefficient (Wildman–Crippen LogP) is 3.22. The minimum atomic E-state index is 0.100. The number of thiazole rings is 1. The van der Waals surface area contributed by atoms with Crippen LogP contribution in [0.4, 0.5) is 0 Å². The molecule has 2 nitrogen and oxygen atoms in total. The van der Waals surface area contributed by atoms with E-state index in [1.807, 2.05) is 39.0 Å². The minimum Gasteiger partial charge on any atom is -0.299 e. The van der Waals surface area contributed by atoms with Gasteiger partial charge in [-0.15, -0.1) is 0 Å². The summed E-state index contributed by atoms with van der Waals surface area (Å²) in [6.07, 6.45) is 7.68. The Hall–Kier alpha value is -1.35. The fourth-order valence-corrected chi connectivity index (χ4v) is 2.19. The molecule has 1 heterocycles. The summed E-state index contributed by atoms with van der Waals surface area (Å²) in [7, 11) is 0. The third kappa shape index (κ3) is 2.83. The molecule has 0 unspecified atom stereocenters. The van der Waals surface area contributed by atoms with Gasteiger partial charge in [0, 0.05) is 10.6 Å². The van der Waals surface area contributed by atoms with E-state index in [9.17, 15) is 4.79 Å². The zero-order valence-corrected chi connectivity index (χ0v) is 10.8. The monoisotopic (exact) mass is 235 g/mol. The topological polar surface area (TPSA) is 22.0 Å². The van der Waals surface area contributed by atoms with Crippen molar-refractivity contribution in [2.75, 3.05) is 0 Å². The maximum Gasteiger partial charge on any atom is 0.307 e. The van der Waals surface area contributed by atoms with Crippen molar-refractivity contribution in [2.24, 2.45) is 0 Å². The molecule has 0 N–H and O–H groups in total. The van der Waals surface area contributed by atoms with Gasteiger partial charge in [0.2, 0.25) is 0 Å². The van der Waals surface area contributed by atoms with Crippen LogP contribution in [0.1, 0.15) is 17.5 Å². The summed E-state index contributed by atoms with van der Waals surface area (Å²) in [6.45, 7) is 10.3. The van der Waals surface area contributed by atoms with Crippen molar-refractivity contribution in [3.63, 3.8) is 0 Å². The van der Waals surface area contributed by atoms with Crippen molar-refractivity contribution in [1.29, 1.82) is 0 Å². The van der Waals surface area contributed by atoms with Gasteiger partial charge in [0.1, 0.15) is 0 Å². The molecule has 0 atom stereocenters. The van der Waals surface area contributed by atoms with Crippen LogP contribution in [0.15, 0.2) is 41.3 Å². The molecule has 1 rings (SSSR count). The van der Waals surface area contributed by atoms with E-state index in [4.69, 9.17) is 0 Å². The summed E-state index contributed by atoms with van der Waals surface area (Å²) in [5.41, 5.74) is 2.09. The average molecular weight is 235 g/mol. The Labute approximate surface area is 100 Å². The van der Waals surface area contributed by atoms with Gasteiger partial charge < -0.3 is 0 Å². The van der Waals surface area contributed by atoms with Gasteiger partial charge in [-0.05, 0) is 26.3 Å². The molecule has 16 heavy (non-hydrogen) atoms. The molecular formula is C13H17NOS. The van der Waals surface area contributed by atoms with Crippen LogP contribution in [0.2, 0.25) is 0 Å². The molecule has 0 aliphatic heterocycles. The second-order valence-electron chi connectivity index (χ2n) is 3.57. The molecule has 0 amide bonds. The van der Waals surface area contributed by atoms with Crippen LogP contribution in [0.25, 0.3) is 0 Å². The van der Waals surface area contributed by atoms with Gasteiger partial charge in [0.25, 0.3) is 0 Å². The second kappa shape index (κ2) is 5.66. The zero-order chi connectivity index (χ0) is 12.1. The molecule has 0 fully saturated rings. The normalized spacial score (nSPS) is 12.3. The molecule has 0 aliphatic carbocycles. The summed E-state index contributed by atoms with van der Waals surface area (Å²) >= 11 is 1.30. The number of rotatable bonds is 4. The lowest BCUT2D eigenvalue weighted by atomic mass is 10.2. The molecule has 0 saturated carbocycles. The zero-order valence-electron chi connectivity index (χ0n) is 9.99. The highest BCUT2D eigenvalue weighted by Gasteiger charge is 2.07. The van der Waals surface area contributed by atoms with Gasteiger partial charge in [-0.3, -0.25) is 9.36 Å². The Morgan fingerprint density at radius 1 is 1.50 bits per heavy atom. The molecule has 0 aromatic carbocycles. The fraction of sp³-hybridized carbons (Fsp3) is 0.308. The summed E-state index contributed by atoms with van der Waals surface area (Å²) in [5.74, 6) is 0. The van der Waals surface area contributed by atoms with E-state index in [2.05, 4.69) is 6.58 Å². The smallest absolute Gasteiger partial charge is 0.299 e. The van der Waals surface area contributed by atoms with Crippen molar-refractivity contribution in [2.45, 2.75) is 27.3 Å². The molecule has 1 aromatic rings. The first-order chi connectivity index (χ1) is 7.60. The van der Waals surface area contributed by atoms with Crippen molar-refractivity contribution in [3.8, 4) is 0 Å². The molecular weight excluding hydrogens is 218 g/mol. The molecule has 0 aliphatic rings. The van der Waals surface area contributed by atoms with E-state index in [0.29, 0.717) is 6.54 Å². The molecule has 1 aromatic heterocycles. The van der Waals surface area contributed by atoms with Crippen LogP contribution >= 0.6 is 11.3 Å². The predicted molar refractivity (Wildman–Crippen MR) is 71.1 cm³/mol.